The van der Waals surface area contributed by atoms with E-state index in [1.807, 2.05) is 25.4 Å². The first kappa shape index (κ1) is 11.1. The molecule has 0 aliphatic carbocycles. The largest absolute Gasteiger partial charge is 0.368 e. The molecule has 0 aromatic carbocycles. The fraction of sp³-hybridized carbons (Fsp3) is 0.273. The smallest absolute Gasteiger partial charge is 0.158 e. The summed E-state index contributed by atoms with van der Waals surface area (Å²) in [4.78, 5) is 7.99. The molecule has 0 saturated carbocycles. The molecule has 2 aromatic heterocycles. The van der Waals surface area contributed by atoms with Gasteiger partial charge in [-0.1, -0.05) is 0 Å². The Bertz CT molecular complexity index is 522. The molecule has 0 bridgehead atoms. The number of hydrogen-bond donors (Lipinski definition) is 1. The van der Waals surface area contributed by atoms with Gasteiger partial charge < -0.3 is 5.32 Å². The summed E-state index contributed by atoms with van der Waals surface area (Å²) in [7, 11) is 1.89. The summed E-state index contributed by atoms with van der Waals surface area (Å²) < 4.78 is 1.77. The molecule has 86 valence electrons. The van der Waals surface area contributed by atoms with Gasteiger partial charge in [-0.05, 0) is 6.07 Å². The maximum Gasteiger partial charge on any atom is 0.158 e. The van der Waals surface area contributed by atoms with Crippen molar-refractivity contribution in [2.24, 2.45) is 7.05 Å². The summed E-state index contributed by atoms with van der Waals surface area (Å²) in [6, 6.07) is 3.90. The zero-order chi connectivity index (χ0) is 12.1. The Hall–Kier alpha value is -2.42. The molecule has 0 unspecified atom stereocenters. The molecule has 0 aliphatic rings. The average molecular weight is 228 g/mol. The molecule has 0 amide bonds. The van der Waals surface area contributed by atoms with Crippen molar-refractivity contribution in [2.45, 2.75) is 6.42 Å². The Morgan fingerprint density at radius 2 is 2.29 bits per heavy atom. The van der Waals surface area contributed by atoms with Crippen LogP contribution in [0, 0.1) is 11.3 Å². The van der Waals surface area contributed by atoms with Gasteiger partial charge in [0.15, 0.2) is 5.69 Å². The van der Waals surface area contributed by atoms with Crippen molar-refractivity contribution in [3.8, 4) is 6.07 Å². The molecule has 2 rings (SSSR count). The summed E-state index contributed by atoms with van der Waals surface area (Å²) in [5.74, 6) is 0.667. The predicted octanol–water partition coefficient (Wildman–Crippen LogP) is 0.736. The van der Waals surface area contributed by atoms with Crippen LogP contribution in [0.2, 0.25) is 0 Å². The highest BCUT2D eigenvalue weighted by Crippen LogP contribution is 2.01. The Morgan fingerprint density at radius 3 is 2.88 bits per heavy atom. The fourth-order valence-corrected chi connectivity index (χ4v) is 1.39. The fourth-order valence-electron chi connectivity index (χ4n) is 1.39. The van der Waals surface area contributed by atoms with Crippen LogP contribution in [-0.2, 0) is 13.5 Å². The second-order valence-corrected chi connectivity index (χ2v) is 3.56. The van der Waals surface area contributed by atoms with Crippen LogP contribution in [0.5, 0.6) is 0 Å². The highest BCUT2D eigenvalue weighted by molar-refractivity contribution is 5.33. The number of nitriles is 1. The van der Waals surface area contributed by atoms with Crippen LogP contribution in [-0.4, -0.2) is 26.3 Å². The first-order chi connectivity index (χ1) is 8.28. The van der Waals surface area contributed by atoms with Crippen LogP contribution in [0.25, 0.3) is 0 Å². The van der Waals surface area contributed by atoms with Gasteiger partial charge in [-0.15, -0.1) is 0 Å². The lowest BCUT2D eigenvalue weighted by Crippen LogP contribution is -2.07. The van der Waals surface area contributed by atoms with Gasteiger partial charge in [0.1, 0.15) is 11.9 Å². The van der Waals surface area contributed by atoms with Crippen LogP contribution < -0.4 is 5.32 Å². The molecule has 2 aromatic rings. The minimum Gasteiger partial charge on any atom is -0.368 e. The van der Waals surface area contributed by atoms with Gasteiger partial charge in [-0.2, -0.15) is 10.4 Å². The van der Waals surface area contributed by atoms with Crippen LogP contribution in [0.15, 0.2) is 24.7 Å². The zero-order valence-corrected chi connectivity index (χ0v) is 9.46. The monoisotopic (exact) mass is 228 g/mol. The first-order valence-corrected chi connectivity index (χ1v) is 5.22. The number of nitrogens with zero attached hydrogens (tertiary/aromatic N) is 5. The molecule has 0 aliphatic heterocycles. The van der Waals surface area contributed by atoms with Gasteiger partial charge in [0.25, 0.3) is 0 Å². The van der Waals surface area contributed by atoms with E-state index in [2.05, 4.69) is 20.4 Å². The molecule has 2 heterocycles. The molecular weight excluding hydrogens is 216 g/mol. The van der Waals surface area contributed by atoms with Crippen molar-refractivity contribution in [1.82, 2.24) is 19.7 Å². The number of hydrogen-bond acceptors (Lipinski definition) is 5. The lowest BCUT2D eigenvalue weighted by molar-refractivity contribution is 0.742. The van der Waals surface area contributed by atoms with Crippen molar-refractivity contribution in [3.05, 3.63) is 36.0 Å². The molecule has 0 saturated heterocycles. The van der Waals surface area contributed by atoms with Gasteiger partial charge in [-0.3, -0.25) is 4.68 Å². The minimum absolute atomic E-state index is 0.320. The van der Waals surface area contributed by atoms with Crippen molar-refractivity contribution < 1.29 is 0 Å². The molecule has 17 heavy (non-hydrogen) atoms. The molecular formula is C11H12N6. The van der Waals surface area contributed by atoms with Crippen molar-refractivity contribution in [2.75, 3.05) is 11.9 Å². The van der Waals surface area contributed by atoms with Crippen molar-refractivity contribution >= 4 is 5.82 Å². The Kier molecular flexibility index (Phi) is 3.31. The number of aryl methyl sites for hydroxylation is 1. The molecule has 6 nitrogen and oxygen atoms in total. The van der Waals surface area contributed by atoms with Crippen molar-refractivity contribution in [1.29, 1.82) is 5.26 Å². The number of rotatable bonds is 4. The summed E-state index contributed by atoms with van der Waals surface area (Å²) >= 11 is 0. The lowest BCUT2D eigenvalue weighted by atomic mass is 10.3. The predicted molar refractivity (Wildman–Crippen MR) is 62.1 cm³/mol. The number of anilines is 1. The summed E-state index contributed by atoms with van der Waals surface area (Å²) in [5, 5.41) is 16.0. The second kappa shape index (κ2) is 5.07. The Balaban J connectivity index is 1.84. The molecule has 0 spiro atoms. The van der Waals surface area contributed by atoms with E-state index in [4.69, 9.17) is 5.26 Å². The van der Waals surface area contributed by atoms with E-state index in [1.165, 1.54) is 6.20 Å². The SMILES string of the molecule is Cn1ccc(CCNc2cnc(C#N)cn2)n1. The molecule has 6 heteroatoms. The second-order valence-electron chi connectivity index (χ2n) is 3.56. The van der Waals surface area contributed by atoms with Crippen LogP contribution in [0.1, 0.15) is 11.4 Å². The molecule has 0 fully saturated rings. The van der Waals surface area contributed by atoms with Crippen LogP contribution >= 0.6 is 0 Å². The number of nitrogens with one attached hydrogen (secondary N) is 1. The zero-order valence-electron chi connectivity index (χ0n) is 9.46. The summed E-state index contributed by atoms with van der Waals surface area (Å²) in [5.41, 5.74) is 1.35. The maximum absolute atomic E-state index is 8.57. The Labute approximate surface area is 98.9 Å². The van der Waals surface area contributed by atoms with E-state index < -0.39 is 0 Å². The van der Waals surface area contributed by atoms with E-state index in [1.54, 1.807) is 10.9 Å². The Morgan fingerprint density at radius 1 is 1.41 bits per heavy atom. The standard InChI is InChI=1S/C11H12N6/c1-17-5-3-9(16-17)2-4-13-11-8-14-10(6-12)7-15-11/h3,5,7-8H,2,4H2,1H3,(H,13,15). The van der Waals surface area contributed by atoms with E-state index in [-0.39, 0.29) is 0 Å². The minimum atomic E-state index is 0.320. The van der Waals surface area contributed by atoms with Gasteiger partial charge in [0.05, 0.1) is 18.1 Å². The highest BCUT2D eigenvalue weighted by atomic mass is 15.2. The summed E-state index contributed by atoms with van der Waals surface area (Å²) in [6.07, 6.45) is 5.74. The molecule has 1 N–H and O–H groups in total. The van der Waals surface area contributed by atoms with E-state index >= 15 is 0 Å². The van der Waals surface area contributed by atoms with Gasteiger partial charge >= 0.3 is 0 Å². The van der Waals surface area contributed by atoms with E-state index in [9.17, 15) is 0 Å². The average Bonchev–Trinajstić information content (AvgIpc) is 2.76. The van der Waals surface area contributed by atoms with Crippen LogP contribution in [0.4, 0.5) is 5.82 Å². The van der Waals surface area contributed by atoms with E-state index in [0.29, 0.717) is 11.5 Å². The third kappa shape index (κ3) is 3.01. The lowest BCUT2D eigenvalue weighted by Gasteiger charge is -2.02. The van der Waals surface area contributed by atoms with Gasteiger partial charge in [0, 0.05) is 26.2 Å². The molecule has 0 atom stereocenters. The maximum atomic E-state index is 8.57. The first-order valence-electron chi connectivity index (χ1n) is 5.22. The van der Waals surface area contributed by atoms with Gasteiger partial charge in [0.2, 0.25) is 0 Å². The van der Waals surface area contributed by atoms with Gasteiger partial charge in [-0.25, -0.2) is 9.97 Å². The molecule has 0 radical (unpaired) electrons. The topological polar surface area (TPSA) is 79.4 Å². The highest BCUT2D eigenvalue weighted by Gasteiger charge is 1.98. The summed E-state index contributed by atoms with van der Waals surface area (Å²) in [6.45, 7) is 0.734. The van der Waals surface area contributed by atoms with Crippen LogP contribution in [0.3, 0.4) is 0 Å². The number of aromatic nitrogens is 4. The normalized spacial score (nSPS) is 9.88. The van der Waals surface area contributed by atoms with Crippen molar-refractivity contribution in [3.63, 3.8) is 0 Å². The van der Waals surface area contributed by atoms with E-state index in [0.717, 1.165) is 18.7 Å². The third-order valence-electron chi connectivity index (χ3n) is 2.22. The quantitative estimate of drug-likeness (QED) is 0.834. The third-order valence-corrected chi connectivity index (χ3v) is 2.22.